The van der Waals surface area contributed by atoms with Crippen LogP contribution in [-0.2, 0) is 0 Å². The largest absolute Gasteiger partial charge is 0.507 e. The maximum atomic E-state index is 10.1. The number of benzene rings is 1. The number of hydrogen-bond donors (Lipinski definition) is 3. The first-order chi connectivity index (χ1) is 7.74. The van der Waals surface area contributed by atoms with Crippen molar-refractivity contribution < 1.29 is 5.11 Å². The first-order valence-corrected chi connectivity index (χ1v) is 5.78. The zero-order chi connectivity index (χ0) is 11.5. The van der Waals surface area contributed by atoms with Crippen LogP contribution in [0, 0.1) is 0 Å². The van der Waals surface area contributed by atoms with Crippen molar-refractivity contribution in [2.45, 2.75) is 32.2 Å². The van der Waals surface area contributed by atoms with E-state index in [1.165, 1.54) is 0 Å². The average molecular weight is 218 g/mol. The summed E-state index contributed by atoms with van der Waals surface area (Å²) in [7, 11) is 0. The Morgan fingerprint density at radius 2 is 2.19 bits per heavy atom. The van der Waals surface area contributed by atoms with Crippen LogP contribution < -0.4 is 5.73 Å². The molecule has 0 unspecified atom stereocenters. The number of H-pyrrole nitrogens is 1. The summed E-state index contributed by atoms with van der Waals surface area (Å²) in [6, 6.07) is 5.69. The van der Waals surface area contributed by atoms with Crippen LogP contribution in [0.1, 0.15) is 37.8 Å². The van der Waals surface area contributed by atoms with Gasteiger partial charge >= 0.3 is 0 Å². The molecule has 0 spiro atoms. The SMILES string of the molecule is CCCC[C@@H](N)c1ccc2[nH]ccc2c1O. The fraction of sp³-hybridized carbons (Fsp3) is 0.385. The summed E-state index contributed by atoms with van der Waals surface area (Å²) in [5, 5.41) is 11.0. The highest BCUT2D eigenvalue weighted by Gasteiger charge is 2.13. The maximum absolute atomic E-state index is 10.1. The van der Waals surface area contributed by atoms with Gasteiger partial charge in [0.05, 0.1) is 0 Å². The number of hydrogen-bond acceptors (Lipinski definition) is 2. The fourth-order valence-corrected chi connectivity index (χ4v) is 2.01. The summed E-state index contributed by atoms with van der Waals surface area (Å²) in [6.45, 7) is 2.14. The van der Waals surface area contributed by atoms with Crippen molar-refractivity contribution in [3.8, 4) is 5.75 Å². The first kappa shape index (κ1) is 11.0. The molecular weight excluding hydrogens is 200 g/mol. The Kier molecular flexibility index (Phi) is 3.15. The second-order valence-electron chi connectivity index (χ2n) is 4.19. The van der Waals surface area contributed by atoms with Gasteiger partial charge in [0.1, 0.15) is 5.75 Å². The Labute approximate surface area is 95.3 Å². The highest BCUT2D eigenvalue weighted by molar-refractivity contribution is 5.87. The fourth-order valence-electron chi connectivity index (χ4n) is 2.01. The summed E-state index contributed by atoms with van der Waals surface area (Å²) < 4.78 is 0. The number of unbranched alkanes of at least 4 members (excludes halogenated alkanes) is 1. The van der Waals surface area contributed by atoms with Gasteiger partial charge in [-0.1, -0.05) is 25.8 Å². The van der Waals surface area contributed by atoms with E-state index in [1.54, 1.807) is 0 Å². The van der Waals surface area contributed by atoms with Crippen molar-refractivity contribution in [3.05, 3.63) is 30.0 Å². The second kappa shape index (κ2) is 4.58. The van der Waals surface area contributed by atoms with E-state index >= 15 is 0 Å². The van der Waals surface area contributed by atoms with E-state index in [0.29, 0.717) is 5.75 Å². The van der Waals surface area contributed by atoms with Gasteiger partial charge in [-0.05, 0) is 18.6 Å². The third-order valence-electron chi connectivity index (χ3n) is 3.01. The van der Waals surface area contributed by atoms with E-state index in [9.17, 15) is 5.11 Å². The van der Waals surface area contributed by atoms with Crippen LogP contribution in [0.5, 0.6) is 5.75 Å². The average Bonchev–Trinajstić information content (AvgIpc) is 2.75. The summed E-state index contributed by atoms with van der Waals surface area (Å²) in [5.41, 5.74) is 7.87. The predicted molar refractivity (Wildman–Crippen MR) is 66.4 cm³/mol. The standard InChI is InChI=1S/C13H18N2O/c1-2-3-4-11(14)9-5-6-12-10(13(9)16)7-8-15-12/h5-8,11,15-16H,2-4,14H2,1H3/t11-/m1/s1. The van der Waals surface area contributed by atoms with E-state index < -0.39 is 0 Å². The van der Waals surface area contributed by atoms with Gasteiger partial charge in [0.2, 0.25) is 0 Å². The van der Waals surface area contributed by atoms with Crippen LogP contribution in [0.4, 0.5) is 0 Å². The molecule has 0 aliphatic heterocycles. The van der Waals surface area contributed by atoms with Gasteiger partial charge in [-0.15, -0.1) is 0 Å². The lowest BCUT2D eigenvalue weighted by Gasteiger charge is -2.13. The molecule has 4 N–H and O–H groups in total. The predicted octanol–water partition coefficient (Wildman–Crippen LogP) is 3.06. The summed E-state index contributed by atoms with van der Waals surface area (Å²) in [6.07, 6.45) is 4.96. The molecule has 1 aromatic heterocycles. The molecule has 0 aliphatic carbocycles. The normalized spacial score (nSPS) is 13.1. The number of aromatic hydroxyl groups is 1. The molecule has 0 fully saturated rings. The quantitative estimate of drug-likeness (QED) is 0.738. The Morgan fingerprint density at radius 1 is 1.38 bits per heavy atom. The third kappa shape index (κ3) is 1.91. The van der Waals surface area contributed by atoms with Crippen molar-refractivity contribution in [2.75, 3.05) is 0 Å². The summed E-state index contributed by atoms with van der Waals surface area (Å²) in [5.74, 6) is 0.322. The van der Waals surface area contributed by atoms with Gasteiger partial charge in [-0.2, -0.15) is 0 Å². The first-order valence-electron chi connectivity index (χ1n) is 5.78. The van der Waals surface area contributed by atoms with Gasteiger partial charge < -0.3 is 15.8 Å². The zero-order valence-electron chi connectivity index (χ0n) is 9.53. The number of rotatable bonds is 4. The van der Waals surface area contributed by atoms with Crippen LogP contribution in [0.3, 0.4) is 0 Å². The minimum Gasteiger partial charge on any atom is -0.507 e. The molecule has 86 valence electrons. The smallest absolute Gasteiger partial charge is 0.129 e. The molecule has 0 saturated heterocycles. The maximum Gasteiger partial charge on any atom is 0.129 e. The van der Waals surface area contributed by atoms with E-state index in [0.717, 1.165) is 35.7 Å². The molecule has 1 heterocycles. The number of nitrogens with two attached hydrogens (primary N) is 1. The molecule has 0 aliphatic rings. The molecule has 3 nitrogen and oxygen atoms in total. The van der Waals surface area contributed by atoms with Crippen LogP contribution >= 0.6 is 0 Å². The molecule has 2 aromatic rings. The van der Waals surface area contributed by atoms with Gasteiger partial charge in [-0.3, -0.25) is 0 Å². The number of nitrogens with one attached hydrogen (secondary N) is 1. The minimum absolute atomic E-state index is 0.0701. The van der Waals surface area contributed by atoms with Crippen molar-refractivity contribution in [1.82, 2.24) is 4.98 Å². The Hall–Kier alpha value is -1.48. The zero-order valence-corrected chi connectivity index (χ0v) is 9.53. The highest BCUT2D eigenvalue weighted by Crippen LogP contribution is 2.32. The van der Waals surface area contributed by atoms with E-state index in [1.807, 2.05) is 24.4 Å². The molecule has 2 rings (SSSR count). The number of aromatic amines is 1. The Balaban J connectivity index is 2.33. The lowest BCUT2D eigenvalue weighted by molar-refractivity contribution is 0.463. The molecule has 1 aromatic carbocycles. The molecule has 16 heavy (non-hydrogen) atoms. The van der Waals surface area contributed by atoms with Crippen LogP contribution in [0.25, 0.3) is 10.9 Å². The highest BCUT2D eigenvalue weighted by atomic mass is 16.3. The lowest BCUT2D eigenvalue weighted by atomic mass is 9.99. The lowest BCUT2D eigenvalue weighted by Crippen LogP contribution is -2.10. The van der Waals surface area contributed by atoms with E-state index in [2.05, 4.69) is 11.9 Å². The topological polar surface area (TPSA) is 62.0 Å². The Bertz CT molecular complexity index is 476. The van der Waals surface area contributed by atoms with Gasteiger partial charge in [-0.25, -0.2) is 0 Å². The van der Waals surface area contributed by atoms with Gasteiger partial charge in [0, 0.05) is 28.7 Å². The number of fused-ring (bicyclic) bond motifs is 1. The summed E-state index contributed by atoms with van der Waals surface area (Å²) in [4.78, 5) is 3.07. The van der Waals surface area contributed by atoms with Crippen molar-refractivity contribution in [1.29, 1.82) is 0 Å². The number of phenolic OH excluding ortho intramolecular Hbond substituents is 1. The van der Waals surface area contributed by atoms with Gasteiger partial charge in [0.25, 0.3) is 0 Å². The monoisotopic (exact) mass is 218 g/mol. The number of phenols is 1. The van der Waals surface area contributed by atoms with Crippen LogP contribution in [-0.4, -0.2) is 10.1 Å². The van der Waals surface area contributed by atoms with E-state index in [4.69, 9.17) is 5.73 Å². The molecule has 0 amide bonds. The minimum atomic E-state index is -0.0701. The van der Waals surface area contributed by atoms with Crippen molar-refractivity contribution in [3.63, 3.8) is 0 Å². The summed E-state index contributed by atoms with van der Waals surface area (Å²) >= 11 is 0. The molecule has 0 bridgehead atoms. The van der Waals surface area contributed by atoms with Crippen molar-refractivity contribution in [2.24, 2.45) is 5.73 Å². The number of aromatic nitrogens is 1. The molecule has 1 atom stereocenters. The van der Waals surface area contributed by atoms with Crippen LogP contribution in [0.2, 0.25) is 0 Å². The van der Waals surface area contributed by atoms with Crippen molar-refractivity contribution >= 4 is 10.9 Å². The van der Waals surface area contributed by atoms with Gasteiger partial charge in [0.15, 0.2) is 0 Å². The molecular formula is C13H18N2O. The molecule has 0 radical (unpaired) electrons. The molecule has 0 saturated carbocycles. The Morgan fingerprint density at radius 3 is 2.94 bits per heavy atom. The van der Waals surface area contributed by atoms with E-state index in [-0.39, 0.29) is 6.04 Å². The van der Waals surface area contributed by atoms with Crippen LogP contribution in [0.15, 0.2) is 24.4 Å². The third-order valence-corrected chi connectivity index (χ3v) is 3.01. The second-order valence-corrected chi connectivity index (χ2v) is 4.19. The molecule has 3 heteroatoms.